The van der Waals surface area contributed by atoms with Gasteiger partial charge in [-0.2, -0.15) is 0 Å². The number of carboxylic acid groups (broad SMARTS) is 1. The topological polar surface area (TPSA) is 95.9 Å². The molecule has 1 aromatic rings. The van der Waals surface area contributed by atoms with Gasteiger partial charge in [-0.1, -0.05) is 24.6 Å². The van der Waals surface area contributed by atoms with Crippen molar-refractivity contribution in [2.45, 2.75) is 52.5 Å². The summed E-state index contributed by atoms with van der Waals surface area (Å²) >= 11 is 0. The van der Waals surface area contributed by atoms with Gasteiger partial charge in [-0.3, -0.25) is 14.5 Å². The first-order valence-corrected chi connectivity index (χ1v) is 10.4. The van der Waals surface area contributed by atoms with Crippen LogP contribution in [0.15, 0.2) is 59.6 Å². The van der Waals surface area contributed by atoms with Crippen molar-refractivity contribution in [2.75, 3.05) is 6.61 Å². The molecule has 0 spiro atoms. The Hall–Kier alpha value is -3.42. The zero-order valence-corrected chi connectivity index (χ0v) is 18.8. The minimum absolute atomic E-state index is 0.136. The van der Waals surface area contributed by atoms with Crippen LogP contribution in [0, 0.1) is 5.82 Å². The number of amides is 1. The van der Waals surface area contributed by atoms with Gasteiger partial charge in [0, 0.05) is 12.4 Å². The van der Waals surface area contributed by atoms with E-state index in [4.69, 9.17) is 4.74 Å². The van der Waals surface area contributed by atoms with Crippen molar-refractivity contribution in [3.63, 3.8) is 0 Å². The quantitative estimate of drug-likeness (QED) is 0.446. The summed E-state index contributed by atoms with van der Waals surface area (Å²) in [6.45, 7) is 7.01. The van der Waals surface area contributed by atoms with Gasteiger partial charge in [-0.05, 0) is 63.0 Å². The predicted molar refractivity (Wildman–Crippen MR) is 118 cm³/mol. The van der Waals surface area contributed by atoms with Crippen LogP contribution in [-0.2, 0) is 25.5 Å². The summed E-state index contributed by atoms with van der Waals surface area (Å²) in [5, 5.41) is 13.0. The minimum atomic E-state index is -1.57. The standard InChI is InChI=1S/C24H29FN2O5/c1-5-24(23(30)31)20(27(15-16(3)4)21(28)13-22(29)32-6-2)12-18(14-26-24)11-17-7-9-19(25)10-8-17/h7-10,12,14-15,26H,5-6,11,13H2,1-4H3,(H,30,31). The van der Waals surface area contributed by atoms with Gasteiger partial charge >= 0.3 is 11.9 Å². The van der Waals surface area contributed by atoms with Gasteiger partial charge in [-0.25, -0.2) is 9.18 Å². The second-order valence-corrected chi connectivity index (χ2v) is 7.71. The number of nitrogens with one attached hydrogen (secondary N) is 1. The van der Waals surface area contributed by atoms with E-state index in [9.17, 15) is 23.9 Å². The molecule has 1 atom stereocenters. The molecule has 0 saturated heterocycles. The third kappa shape index (κ3) is 5.84. The zero-order valence-electron chi connectivity index (χ0n) is 18.8. The van der Waals surface area contributed by atoms with Crippen LogP contribution < -0.4 is 5.32 Å². The van der Waals surface area contributed by atoms with Crippen LogP contribution in [0.2, 0.25) is 0 Å². The predicted octanol–water partition coefficient (Wildman–Crippen LogP) is 3.68. The Bertz CT molecular complexity index is 961. The zero-order chi connectivity index (χ0) is 23.9. The van der Waals surface area contributed by atoms with Gasteiger partial charge in [0.2, 0.25) is 5.91 Å². The molecule has 1 heterocycles. The number of aliphatic carboxylic acids is 1. The molecule has 0 saturated carbocycles. The van der Waals surface area contributed by atoms with Crippen molar-refractivity contribution in [3.05, 3.63) is 71.0 Å². The number of rotatable bonds is 9. The minimum Gasteiger partial charge on any atom is -0.479 e. The maximum atomic E-state index is 13.2. The first-order valence-electron chi connectivity index (χ1n) is 10.4. The summed E-state index contributed by atoms with van der Waals surface area (Å²) in [5.74, 6) is -2.79. The van der Waals surface area contributed by atoms with Crippen LogP contribution in [0.25, 0.3) is 0 Å². The number of halogens is 1. The van der Waals surface area contributed by atoms with Gasteiger partial charge in [0.1, 0.15) is 12.2 Å². The Balaban J connectivity index is 2.52. The molecule has 2 N–H and O–H groups in total. The van der Waals surface area contributed by atoms with Crippen LogP contribution in [0.1, 0.15) is 46.1 Å². The average Bonchev–Trinajstić information content (AvgIpc) is 2.73. The first kappa shape index (κ1) is 24.8. The molecule has 1 aromatic carbocycles. The Morgan fingerprint density at radius 1 is 1.19 bits per heavy atom. The highest BCUT2D eigenvalue weighted by atomic mass is 19.1. The molecular weight excluding hydrogens is 415 g/mol. The van der Waals surface area contributed by atoms with E-state index in [0.717, 1.165) is 11.1 Å². The van der Waals surface area contributed by atoms with E-state index in [2.05, 4.69) is 5.32 Å². The highest BCUT2D eigenvalue weighted by molar-refractivity contribution is 5.97. The molecule has 8 heteroatoms. The molecule has 0 aromatic heterocycles. The largest absolute Gasteiger partial charge is 0.479 e. The number of dihydropyridines is 1. The number of carboxylic acids is 1. The fourth-order valence-corrected chi connectivity index (χ4v) is 3.41. The SMILES string of the molecule is CCOC(=O)CC(=O)N(C=C(C)C)C1=CC(Cc2ccc(F)cc2)=CNC1(CC)C(=O)O. The molecule has 1 unspecified atom stereocenters. The van der Waals surface area contributed by atoms with Crippen molar-refractivity contribution in [3.8, 4) is 0 Å². The maximum Gasteiger partial charge on any atom is 0.335 e. The summed E-state index contributed by atoms with van der Waals surface area (Å²) < 4.78 is 18.1. The smallest absolute Gasteiger partial charge is 0.335 e. The molecule has 172 valence electrons. The highest BCUT2D eigenvalue weighted by Crippen LogP contribution is 2.32. The van der Waals surface area contributed by atoms with E-state index in [1.807, 2.05) is 0 Å². The lowest BCUT2D eigenvalue weighted by atomic mass is 9.86. The third-order valence-corrected chi connectivity index (χ3v) is 5.00. The van der Waals surface area contributed by atoms with Crippen LogP contribution >= 0.6 is 0 Å². The molecule has 0 radical (unpaired) electrons. The Labute approximate surface area is 187 Å². The van der Waals surface area contributed by atoms with Crippen molar-refractivity contribution in [1.82, 2.24) is 10.2 Å². The Kier molecular flexibility index (Phi) is 8.34. The van der Waals surface area contributed by atoms with Gasteiger partial charge < -0.3 is 15.2 Å². The van der Waals surface area contributed by atoms with Crippen molar-refractivity contribution < 1.29 is 28.6 Å². The number of allylic oxidation sites excluding steroid dienone is 3. The van der Waals surface area contributed by atoms with Crippen molar-refractivity contribution in [1.29, 1.82) is 0 Å². The molecule has 0 aliphatic carbocycles. The first-order chi connectivity index (χ1) is 15.1. The Morgan fingerprint density at radius 3 is 2.38 bits per heavy atom. The van der Waals surface area contributed by atoms with Gasteiger partial charge in [0.05, 0.1) is 12.3 Å². The molecule has 7 nitrogen and oxygen atoms in total. The molecule has 2 rings (SSSR count). The lowest BCUT2D eigenvalue weighted by Gasteiger charge is -2.39. The summed E-state index contributed by atoms with van der Waals surface area (Å²) in [4.78, 5) is 38.5. The molecule has 1 aliphatic heterocycles. The fraction of sp³-hybridized carbons (Fsp3) is 0.375. The maximum absolute atomic E-state index is 13.2. The van der Waals surface area contributed by atoms with E-state index in [1.165, 1.54) is 23.2 Å². The van der Waals surface area contributed by atoms with Gasteiger partial charge in [0.25, 0.3) is 0 Å². The molecule has 1 aliphatic rings. The average molecular weight is 445 g/mol. The molecule has 0 bridgehead atoms. The number of hydrogen-bond donors (Lipinski definition) is 2. The van der Waals surface area contributed by atoms with Gasteiger partial charge in [-0.15, -0.1) is 0 Å². The van der Waals surface area contributed by atoms with E-state index in [1.54, 1.807) is 52.1 Å². The number of nitrogens with zero attached hydrogens (tertiary/aromatic N) is 1. The monoisotopic (exact) mass is 444 g/mol. The lowest BCUT2D eigenvalue weighted by molar-refractivity contribution is -0.147. The van der Waals surface area contributed by atoms with Crippen molar-refractivity contribution in [2.24, 2.45) is 0 Å². The summed E-state index contributed by atoms with van der Waals surface area (Å²) in [7, 11) is 0. The van der Waals surface area contributed by atoms with Gasteiger partial charge in [0.15, 0.2) is 5.54 Å². The summed E-state index contributed by atoms with van der Waals surface area (Å²) in [6.07, 6.45) is 4.77. The van der Waals surface area contributed by atoms with Crippen LogP contribution in [0.5, 0.6) is 0 Å². The number of esters is 1. The second kappa shape index (κ2) is 10.7. The normalized spacial score (nSPS) is 17.4. The molecular formula is C24H29FN2O5. The summed E-state index contributed by atoms with van der Waals surface area (Å²) in [6, 6.07) is 5.98. The number of benzene rings is 1. The van der Waals surface area contributed by atoms with E-state index in [0.29, 0.717) is 12.0 Å². The summed E-state index contributed by atoms with van der Waals surface area (Å²) in [5.41, 5.74) is 0.896. The lowest BCUT2D eigenvalue weighted by Crippen LogP contribution is -2.56. The van der Waals surface area contributed by atoms with E-state index >= 15 is 0 Å². The second-order valence-electron chi connectivity index (χ2n) is 7.71. The number of hydrogen-bond acceptors (Lipinski definition) is 5. The molecule has 0 fully saturated rings. The number of ether oxygens (including phenoxy) is 1. The number of carbonyl (C=O) groups excluding carboxylic acids is 2. The van der Waals surface area contributed by atoms with Crippen molar-refractivity contribution >= 4 is 17.8 Å². The fourth-order valence-electron chi connectivity index (χ4n) is 3.41. The molecule has 1 amide bonds. The molecule has 32 heavy (non-hydrogen) atoms. The number of carbonyl (C=O) groups is 3. The van der Waals surface area contributed by atoms with Crippen LogP contribution in [0.4, 0.5) is 4.39 Å². The van der Waals surface area contributed by atoms with E-state index in [-0.39, 0.29) is 24.5 Å². The van der Waals surface area contributed by atoms with Crippen LogP contribution in [0.3, 0.4) is 0 Å². The highest BCUT2D eigenvalue weighted by Gasteiger charge is 2.45. The van der Waals surface area contributed by atoms with E-state index < -0.39 is 29.8 Å². The Morgan fingerprint density at radius 2 is 1.84 bits per heavy atom. The van der Waals surface area contributed by atoms with Crippen LogP contribution in [-0.4, -0.2) is 40.0 Å². The third-order valence-electron chi connectivity index (χ3n) is 5.00.